The Hall–Kier alpha value is -3.65. The molecule has 1 fully saturated rings. The first kappa shape index (κ1) is 32.3. The summed E-state index contributed by atoms with van der Waals surface area (Å²) in [4.78, 5) is 29.6. The van der Waals surface area contributed by atoms with Crippen molar-refractivity contribution in [1.29, 1.82) is 0 Å². The molecule has 1 N–H and O–H groups in total. The molecule has 0 unspecified atom stereocenters. The molecule has 3 aromatic rings. The van der Waals surface area contributed by atoms with Crippen LogP contribution < -0.4 is 9.62 Å². The molecule has 0 radical (unpaired) electrons. The molecule has 0 aliphatic heterocycles. The van der Waals surface area contributed by atoms with E-state index in [1.807, 2.05) is 84.9 Å². The Morgan fingerprint density at radius 3 is 2.02 bits per heavy atom. The Bertz CT molecular complexity index is 1410. The van der Waals surface area contributed by atoms with Crippen LogP contribution in [0.1, 0.15) is 68.6 Å². The highest BCUT2D eigenvalue weighted by molar-refractivity contribution is 7.92. The number of anilines is 1. The maximum atomic E-state index is 14.0. The van der Waals surface area contributed by atoms with Gasteiger partial charge in [0.15, 0.2) is 0 Å². The Kier molecular flexibility index (Phi) is 11.8. The number of sulfonamides is 1. The number of benzene rings is 3. The lowest BCUT2D eigenvalue weighted by molar-refractivity contribution is -0.141. The zero-order valence-corrected chi connectivity index (χ0v) is 26.3. The fraction of sp³-hybridized carbons (Fsp3) is 0.429. The van der Waals surface area contributed by atoms with Crippen LogP contribution in [0.3, 0.4) is 0 Å². The Labute approximate surface area is 257 Å². The van der Waals surface area contributed by atoms with E-state index in [-0.39, 0.29) is 30.8 Å². The van der Waals surface area contributed by atoms with E-state index in [1.54, 1.807) is 4.90 Å². The first-order valence-corrected chi connectivity index (χ1v) is 17.3. The van der Waals surface area contributed by atoms with Crippen LogP contribution in [-0.4, -0.2) is 50.0 Å². The van der Waals surface area contributed by atoms with Crippen LogP contribution in [0.2, 0.25) is 0 Å². The van der Waals surface area contributed by atoms with Crippen LogP contribution >= 0.6 is 0 Å². The van der Waals surface area contributed by atoms with Crippen molar-refractivity contribution in [3.8, 4) is 0 Å². The largest absolute Gasteiger partial charge is 0.352 e. The molecule has 3 aromatic carbocycles. The van der Waals surface area contributed by atoms with Crippen LogP contribution in [0.15, 0.2) is 84.9 Å². The number of carbonyl (C=O) groups is 2. The summed E-state index contributed by atoms with van der Waals surface area (Å²) in [6, 6.07) is 26.4. The second kappa shape index (κ2) is 15.7. The summed E-state index contributed by atoms with van der Waals surface area (Å²) in [5.41, 5.74) is 3.63. The summed E-state index contributed by atoms with van der Waals surface area (Å²) in [5, 5.41) is 3.26. The van der Waals surface area contributed by atoms with Crippen molar-refractivity contribution in [2.75, 3.05) is 17.1 Å². The molecule has 1 aliphatic rings. The Morgan fingerprint density at radius 1 is 0.837 bits per heavy atom. The van der Waals surface area contributed by atoms with Gasteiger partial charge in [0.25, 0.3) is 0 Å². The van der Waals surface area contributed by atoms with E-state index >= 15 is 0 Å². The van der Waals surface area contributed by atoms with Crippen molar-refractivity contribution in [2.45, 2.75) is 83.3 Å². The predicted molar refractivity (Wildman–Crippen MR) is 173 cm³/mol. The lowest BCUT2D eigenvalue weighted by atomic mass is 9.94. The first-order valence-electron chi connectivity index (χ1n) is 15.5. The average Bonchev–Trinajstić information content (AvgIpc) is 3.02. The molecular formula is C35H45N3O4S. The van der Waals surface area contributed by atoms with E-state index in [0.29, 0.717) is 25.1 Å². The number of carbonyl (C=O) groups excluding carboxylic acids is 2. The lowest BCUT2D eigenvalue weighted by Crippen LogP contribution is -2.52. The number of nitrogens with zero attached hydrogens (tertiary/aromatic N) is 2. The van der Waals surface area contributed by atoms with Gasteiger partial charge in [0.2, 0.25) is 21.8 Å². The fourth-order valence-electron chi connectivity index (χ4n) is 5.78. The van der Waals surface area contributed by atoms with Crippen LogP contribution in [0.5, 0.6) is 0 Å². The Balaban J connectivity index is 1.56. The zero-order chi connectivity index (χ0) is 30.7. The topological polar surface area (TPSA) is 86.8 Å². The third-order valence-electron chi connectivity index (χ3n) is 8.20. The minimum absolute atomic E-state index is 0.119. The number of nitrogens with one attached hydrogen (secondary N) is 1. The van der Waals surface area contributed by atoms with Gasteiger partial charge in [0, 0.05) is 32.0 Å². The van der Waals surface area contributed by atoms with Crippen molar-refractivity contribution < 1.29 is 18.0 Å². The number of hydrogen-bond donors (Lipinski definition) is 1. The molecule has 8 heteroatoms. The summed E-state index contributed by atoms with van der Waals surface area (Å²) >= 11 is 0. The molecule has 1 aliphatic carbocycles. The minimum Gasteiger partial charge on any atom is -0.352 e. The summed E-state index contributed by atoms with van der Waals surface area (Å²) in [7, 11) is -3.55. The van der Waals surface area contributed by atoms with Crippen LogP contribution in [0.4, 0.5) is 5.69 Å². The van der Waals surface area contributed by atoms with Gasteiger partial charge in [0.1, 0.15) is 6.04 Å². The van der Waals surface area contributed by atoms with E-state index in [9.17, 15) is 18.0 Å². The molecule has 4 rings (SSSR count). The average molecular weight is 604 g/mol. The van der Waals surface area contributed by atoms with Crippen LogP contribution in [0.25, 0.3) is 0 Å². The Morgan fingerprint density at radius 2 is 1.44 bits per heavy atom. The summed E-state index contributed by atoms with van der Waals surface area (Å²) < 4.78 is 26.8. The van der Waals surface area contributed by atoms with E-state index in [2.05, 4.69) is 12.2 Å². The highest BCUT2D eigenvalue weighted by atomic mass is 32.2. The summed E-state index contributed by atoms with van der Waals surface area (Å²) in [6.45, 7) is 2.52. The first-order chi connectivity index (χ1) is 20.7. The monoisotopic (exact) mass is 603 g/mol. The van der Waals surface area contributed by atoms with E-state index in [4.69, 9.17) is 0 Å². The number of hydrogen-bond acceptors (Lipinski definition) is 4. The molecule has 0 saturated heterocycles. The number of aryl methyl sites for hydroxylation is 1. The molecule has 0 bridgehead atoms. The predicted octanol–water partition coefficient (Wildman–Crippen LogP) is 5.88. The highest BCUT2D eigenvalue weighted by Gasteiger charge is 2.32. The maximum absolute atomic E-state index is 14.0. The van der Waals surface area contributed by atoms with Crippen molar-refractivity contribution >= 4 is 27.5 Å². The van der Waals surface area contributed by atoms with Gasteiger partial charge in [0.05, 0.1) is 11.9 Å². The highest BCUT2D eigenvalue weighted by Crippen LogP contribution is 2.22. The fourth-order valence-corrected chi connectivity index (χ4v) is 6.75. The number of amides is 2. The molecule has 7 nitrogen and oxygen atoms in total. The van der Waals surface area contributed by atoms with Crippen LogP contribution in [0, 0.1) is 0 Å². The number of rotatable bonds is 14. The van der Waals surface area contributed by atoms with Gasteiger partial charge < -0.3 is 10.2 Å². The van der Waals surface area contributed by atoms with Gasteiger partial charge in [-0.25, -0.2) is 8.42 Å². The summed E-state index contributed by atoms with van der Waals surface area (Å²) in [6.07, 6.45) is 8.19. The van der Waals surface area contributed by atoms with E-state index in [1.165, 1.54) is 17.0 Å². The third kappa shape index (κ3) is 9.68. The molecule has 43 heavy (non-hydrogen) atoms. The SMILES string of the molecule is CCc1ccc(N(CCCC(=O)N(Cc2ccccc2)[C@H](Cc2ccccc2)C(=O)NC2CCCCC2)S(C)(=O)=O)cc1. The lowest BCUT2D eigenvalue weighted by Gasteiger charge is -2.34. The molecule has 1 atom stereocenters. The molecular weight excluding hydrogens is 558 g/mol. The molecule has 0 aromatic heterocycles. The van der Waals surface area contributed by atoms with Gasteiger partial charge in [-0.1, -0.05) is 99.0 Å². The van der Waals surface area contributed by atoms with Gasteiger partial charge in [-0.3, -0.25) is 13.9 Å². The van der Waals surface area contributed by atoms with Crippen molar-refractivity contribution in [3.63, 3.8) is 0 Å². The smallest absolute Gasteiger partial charge is 0.243 e. The van der Waals surface area contributed by atoms with E-state index in [0.717, 1.165) is 48.8 Å². The molecule has 1 saturated carbocycles. The normalized spacial score (nSPS) is 14.6. The minimum atomic E-state index is -3.55. The van der Waals surface area contributed by atoms with E-state index < -0.39 is 16.1 Å². The second-order valence-electron chi connectivity index (χ2n) is 11.5. The van der Waals surface area contributed by atoms with Crippen molar-refractivity contribution in [1.82, 2.24) is 10.2 Å². The maximum Gasteiger partial charge on any atom is 0.243 e. The molecule has 230 valence electrons. The zero-order valence-electron chi connectivity index (χ0n) is 25.5. The van der Waals surface area contributed by atoms with Gasteiger partial charge in [-0.15, -0.1) is 0 Å². The quantitative estimate of drug-likeness (QED) is 0.249. The second-order valence-corrected chi connectivity index (χ2v) is 13.4. The third-order valence-corrected chi connectivity index (χ3v) is 9.40. The standard InChI is InChI=1S/C35H45N3O4S/c1-3-28-21-23-32(24-22-28)38(43(2,41)42)25-13-20-34(39)37(27-30-16-9-5-10-17-30)33(26-29-14-7-4-8-15-29)35(40)36-31-18-11-6-12-19-31/h4-5,7-10,14-17,21-24,31,33H,3,6,11-13,18-20,25-27H2,1-2H3,(H,36,40)/t33-/m1/s1. The van der Waals surface area contributed by atoms with Crippen molar-refractivity contribution in [3.05, 3.63) is 102 Å². The molecule has 2 amide bonds. The van der Waals surface area contributed by atoms with Gasteiger partial charge in [-0.05, 0) is 54.5 Å². The van der Waals surface area contributed by atoms with Gasteiger partial charge in [-0.2, -0.15) is 0 Å². The van der Waals surface area contributed by atoms with Gasteiger partial charge >= 0.3 is 0 Å². The molecule has 0 heterocycles. The molecule has 0 spiro atoms. The van der Waals surface area contributed by atoms with Crippen LogP contribution in [-0.2, 0) is 39.0 Å². The summed E-state index contributed by atoms with van der Waals surface area (Å²) in [5.74, 6) is -0.299. The van der Waals surface area contributed by atoms with Crippen molar-refractivity contribution in [2.24, 2.45) is 0 Å².